The number of benzene rings is 1. The van der Waals surface area contributed by atoms with E-state index in [-0.39, 0.29) is 11.8 Å². The first kappa shape index (κ1) is 15.7. The average molecular weight is 378 g/mol. The van der Waals surface area contributed by atoms with Crippen molar-refractivity contribution >= 4 is 37.8 Å². The predicted octanol–water partition coefficient (Wildman–Crippen LogP) is 4.95. The number of rotatable bonds is 5. The van der Waals surface area contributed by atoms with Gasteiger partial charge in [-0.05, 0) is 48.4 Å². The Morgan fingerprint density at radius 2 is 1.89 bits per heavy atom. The zero-order valence-electron chi connectivity index (χ0n) is 10.9. The van der Waals surface area contributed by atoms with E-state index in [2.05, 4.69) is 44.0 Å². The molecule has 0 heterocycles. The Kier molecular flexibility index (Phi) is 5.41. The van der Waals surface area contributed by atoms with Crippen LogP contribution in [0, 0.1) is 12.3 Å². The molecule has 1 rings (SSSR count). The normalized spacial score (nSPS) is 11.6. The smallest absolute Gasteiger partial charge is 0.303 e. The maximum absolute atomic E-state index is 10.8. The molecule has 0 aromatic heterocycles. The second kappa shape index (κ2) is 6.20. The number of carboxylic acid groups (broad SMARTS) is 1. The number of hydrogen-bond donors (Lipinski definition) is 1. The van der Waals surface area contributed by atoms with Crippen LogP contribution >= 0.6 is 31.9 Å². The van der Waals surface area contributed by atoms with Crippen LogP contribution in [0.15, 0.2) is 21.1 Å². The van der Waals surface area contributed by atoms with Gasteiger partial charge in [0.05, 0.1) is 6.42 Å². The molecule has 0 radical (unpaired) electrons. The minimum absolute atomic E-state index is 0.178. The highest BCUT2D eigenvalue weighted by Crippen LogP contribution is 2.31. The van der Waals surface area contributed by atoms with Gasteiger partial charge in [-0.15, -0.1) is 0 Å². The molecule has 0 saturated heterocycles. The van der Waals surface area contributed by atoms with Crippen LogP contribution in [0.1, 0.15) is 37.8 Å². The molecule has 0 unspecified atom stereocenters. The van der Waals surface area contributed by atoms with E-state index in [4.69, 9.17) is 5.11 Å². The summed E-state index contributed by atoms with van der Waals surface area (Å²) >= 11 is 7.09. The van der Waals surface area contributed by atoms with E-state index in [1.807, 2.05) is 20.8 Å². The molecule has 0 amide bonds. The van der Waals surface area contributed by atoms with E-state index in [1.165, 1.54) is 11.1 Å². The average Bonchev–Trinajstić information content (AvgIpc) is 2.19. The third kappa shape index (κ3) is 4.73. The van der Waals surface area contributed by atoms with Crippen LogP contribution in [-0.2, 0) is 11.2 Å². The van der Waals surface area contributed by atoms with Gasteiger partial charge in [-0.3, -0.25) is 4.79 Å². The number of halogens is 2. The van der Waals surface area contributed by atoms with Crippen molar-refractivity contribution in [1.82, 2.24) is 0 Å². The third-order valence-corrected chi connectivity index (χ3v) is 4.62. The van der Waals surface area contributed by atoms with Gasteiger partial charge in [0, 0.05) is 8.95 Å². The molecule has 1 aromatic carbocycles. The van der Waals surface area contributed by atoms with E-state index >= 15 is 0 Å². The second-order valence-corrected chi connectivity index (χ2v) is 7.14. The highest BCUT2D eigenvalue weighted by Gasteiger charge is 2.22. The van der Waals surface area contributed by atoms with Crippen LogP contribution in [-0.4, -0.2) is 11.1 Å². The van der Waals surface area contributed by atoms with Gasteiger partial charge in [-0.2, -0.15) is 0 Å². The molecule has 18 heavy (non-hydrogen) atoms. The molecule has 0 aliphatic carbocycles. The second-order valence-electron chi connectivity index (χ2n) is 5.43. The third-order valence-electron chi connectivity index (χ3n) is 3.03. The molecule has 100 valence electrons. The first-order valence-electron chi connectivity index (χ1n) is 5.87. The van der Waals surface area contributed by atoms with Gasteiger partial charge in [0.15, 0.2) is 0 Å². The lowest BCUT2D eigenvalue weighted by atomic mass is 9.83. The van der Waals surface area contributed by atoms with Crippen molar-refractivity contribution < 1.29 is 9.90 Å². The molecule has 0 saturated carbocycles. The Hall–Kier alpha value is -0.350. The Morgan fingerprint density at radius 3 is 2.44 bits per heavy atom. The van der Waals surface area contributed by atoms with Crippen molar-refractivity contribution in [3.05, 3.63) is 32.2 Å². The molecule has 0 atom stereocenters. The summed E-state index contributed by atoms with van der Waals surface area (Å²) in [6, 6.07) is 4.19. The molecule has 2 nitrogen and oxygen atoms in total. The fourth-order valence-corrected chi connectivity index (χ4v) is 2.90. The SMILES string of the molecule is Cc1cc(Br)c(CCC(C)(C)CC(=O)O)cc1Br. The number of aryl methyl sites for hydroxylation is 2. The van der Waals surface area contributed by atoms with E-state index in [9.17, 15) is 4.79 Å². The van der Waals surface area contributed by atoms with Gasteiger partial charge in [0.2, 0.25) is 0 Å². The van der Waals surface area contributed by atoms with Gasteiger partial charge in [0.1, 0.15) is 0 Å². The lowest BCUT2D eigenvalue weighted by molar-refractivity contribution is -0.139. The number of carboxylic acids is 1. The topological polar surface area (TPSA) is 37.3 Å². The van der Waals surface area contributed by atoms with Gasteiger partial charge >= 0.3 is 5.97 Å². The highest BCUT2D eigenvalue weighted by atomic mass is 79.9. The summed E-state index contributed by atoms with van der Waals surface area (Å²) in [6.07, 6.45) is 1.94. The Labute approximate surface area is 125 Å². The molecule has 0 fully saturated rings. The summed E-state index contributed by atoms with van der Waals surface area (Å²) in [5, 5.41) is 8.86. The van der Waals surface area contributed by atoms with Gasteiger partial charge in [-0.25, -0.2) is 0 Å². The standard InChI is InChI=1S/C14H18Br2O2/c1-9-6-12(16)10(7-11(9)15)4-5-14(2,3)8-13(17)18/h6-7H,4-5,8H2,1-3H3,(H,17,18). The molecule has 1 aromatic rings. The summed E-state index contributed by atoms with van der Waals surface area (Å²) in [4.78, 5) is 10.8. The van der Waals surface area contributed by atoms with Crippen molar-refractivity contribution in [2.24, 2.45) is 5.41 Å². The van der Waals surface area contributed by atoms with Crippen molar-refractivity contribution in [2.45, 2.75) is 40.0 Å². The van der Waals surface area contributed by atoms with Crippen molar-refractivity contribution in [2.75, 3.05) is 0 Å². The van der Waals surface area contributed by atoms with E-state index in [0.717, 1.165) is 21.8 Å². The van der Waals surface area contributed by atoms with E-state index in [0.29, 0.717) is 0 Å². The van der Waals surface area contributed by atoms with Crippen molar-refractivity contribution in [3.63, 3.8) is 0 Å². The molecule has 1 N–H and O–H groups in total. The summed E-state index contributed by atoms with van der Waals surface area (Å²) in [6.45, 7) is 6.05. The zero-order valence-corrected chi connectivity index (χ0v) is 14.1. The van der Waals surface area contributed by atoms with E-state index in [1.54, 1.807) is 0 Å². The van der Waals surface area contributed by atoms with E-state index < -0.39 is 5.97 Å². The molecule has 0 aliphatic rings. The highest BCUT2D eigenvalue weighted by molar-refractivity contribution is 9.11. The van der Waals surface area contributed by atoms with Crippen LogP contribution in [0.4, 0.5) is 0 Å². The minimum Gasteiger partial charge on any atom is -0.481 e. The first-order valence-corrected chi connectivity index (χ1v) is 7.46. The monoisotopic (exact) mass is 376 g/mol. The molecule has 0 aliphatic heterocycles. The summed E-state index contributed by atoms with van der Waals surface area (Å²) in [5.74, 6) is -0.732. The van der Waals surface area contributed by atoms with Crippen LogP contribution in [0.2, 0.25) is 0 Å². The van der Waals surface area contributed by atoms with Gasteiger partial charge < -0.3 is 5.11 Å². The molecule has 4 heteroatoms. The lowest BCUT2D eigenvalue weighted by Gasteiger charge is -2.22. The maximum atomic E-state index is 10.8. The van der Waals surface area contributed by atoms with Gasteiger partial charge in [-0.1, -0.05) is 45.7 Å². The minimum atomic E-state index is -0.732. The fraction of sp³-hybridized carbons (Fsp3) is 0.500. The lowest BCUT2D eigenvalue weighted by Crippen LogP contribution is -2.17. The summed E-state index contributed by atoms with van der Waals surface area (Å²) in [7, 11) is 0. The summed E-state index contributed by atoms with van der Waals surface area (Å²) < 4.78 is 2.19. The quantitative estimate of drug-likeness (QED) is 0.787. The largest absolute Gasteiger partial charge is 0.481 e. The maximum Gasteiger partial charge on any atom is 0.303 e. The van der Waals surface area contributed by atoms with Crippen LogP contribution in [0.5, 0.6) is 0 Å². The zero-order chi connectivity index (χ0) is 13.9. The van der Waals surface area contributed by atoms with Crippen molar-refractivity contribution in [1.29, 1.82) is 0 Å². The predicted molar refractivity (Wildman–Crippen MR) is 80.9 cm³/mol. The molecular formula is C14H18Br2O2. The molecule has 0 bridgehead atoms. The molecule has 0 spiro atoms. The Bertz CT molecular complexity index is 453. The van der Waals surface area contributed by atoms with Gasteiger partial charge in [0.25, 0.3) is 0 Å². The van der Waals surface area contributed by atoms with Crippen LogP contribution < -0.4 is 0 Å². The van der Waals surface area contributed by atoms with Crippen molar-refractivity contribution in [3.8, 4) is 0 Å². The van der Waals surface area contributed by atoms with Crippen LogP contribution in [0.3, 0.4) is 0 Å². The Balaban J connectivity index is 2.74. The molecular weight excluding hydrogens is 360 g/mol. The number of aliphatic carboxylic acids is 1. The Morgan fingerprint density at radius 1 is 1.28 bits per heavy atom. The first-order chi connectivity index (χ1) is 8.21. The number of hydrogen-bond acceptors (Lipinski definition) is 1. The fourth-order valence-electron chi connectivity index (χ4n) is 1.85. The number of carbonyl (C=O) groups is 1. The summed E-state index contributed by atoms with van der Waals surface area (Å²) in [5.41, 5.74) is 2.23. The van der Waals surface area contributed by atoms with Crippen LogP contribution in [0.25, 0.3) is 0 Å².